The fourth-order valence-electron chi connectivity index (χ4n) is 0.424. The van der Waals surface area contributed by atoms with Gasteiger partial charge in [-0.15, -0.1) is 0 Å². The molecule has 56 valence electrons. The number of carbonyl (C=O) groups is 1. The number of carbonyl (C=O) groups excluding carboxylic acids is 1. The lowest BCUT2D eigenvalue weighted by Gasteiger charge is -1.84. The molecule has 0 saturated carbocycles. The molecule has 0 aromatic carbocycles. The van der Waals surface area contributed by atoms with E-state index in [4.69, 9.17) is 0 Å². The molecule has 0 amide bonds. The van der Waals surface area contributed by atoms with Crippen LogP contribution in [-0.2, 0) is 9.53 Å². The van der Waals surface area contributed by atoms with Gasteiger partial charge in [0.25, 0.3) is 0 Å². The van der Waals surface area contributed by atoms with E-state index in [1.165, 1.54) is 6.92 Å². The number of esters is 1. The second-order valence-electron chi connectivity index (χ2n) is 1.98. The van der Waals surface area contributed by atoms with Gasteiger partial charge in [-0.25, -0.2) is 0 Å². The van der Waals surface area contributed by atoms with E-state index in [0.717, 1.165) is 19.3 Å². The average Bonchev–Trinajstić information content (AvgIpc) is 1.87. The van der Waals surface area contributed by atoms with Crippen molar-refractivity contribution in [1.82, 2.24) is 0 Å². The van der Waals surface area contributed by atoms with E-state index < -0.39 is 0 Å². The summed E-state index contributed by atoms with van der Waals surface area (Å²) < 4.78 is 4.39. The van der Waals surface area contributed by atoms with Crippen molar-refractivity contribution in [2.24, 2.45) is 0 Å². The third-order valence-electron chi connectivity index (χ3n) is 0.922. The Morgan fingerprint density at radius 1 is 1.60 bits per heavy atom. The Morgan fingerprint density at radius 3 is 2.80 bits per heavy atom. The third-order valence-corrected chi connectivity index (χ3v) is 0.922. The molecule has 0 bridgehead atoms. The molecule has 0 unspecified atom stereocenters. The molecule has 0 heterocycles. The highest BCUT2D eigenvalue weighted by Crippen LogP contribution is 1.90. The highest BCUT2D eigenvalue weighted by Gasteiger charge is 1.83. The molecule has 2 heteroatoms. The van der Waals surface area contributed by atoms with Gasteiger partial charge in [-0.05, 0) is 6.42 Å². The predicted octanol–water partition coefficient (Wildman–Crippen LogP) is 1.70. The minimum Gasteiger partial charge on any atom is -0.372 e. The van der Waals surface area contributed by atoms with E-state index >= 15 is 0 Å². The largest absolute Gasteiger partial charge is 0.372 e. The monoisotopic (exact) mass is 140 g/mol. The molecule has 0 rings (SSSR count). The summed E-state index contributed by atoms with van der Waals surface area (Å²) in [6.45, 7) is 3.43. The quantitative estimate of drug-likeness (QED) is 0.331. The molecule has 0 aliphatic rings. The van der Waals surface area contributed by atoms with Crippen LogP contribution in [0.15, 0.2) is 0 Å². The van der Waals surface area contributed by atoms with Gasteiger partial charge in [0.05, 0.1) is 0 Å². The zero-order chi connectivity index (χ0) is 7.82. The molecule has 0 aromatic rings. The van der Waals surface area contributed by atoms with Crippen LogP contribution in [-0.4, -0.2) is 5.97 Å². The SMILES string of the molecule is CCCCC#COC(C)=O. The van der Waals surface area contributed by atoms with Crippen molar-refractivity contribution in [3.05, 3.63) is 0 Å². The Morgan fingerprint density at radius 2 is 2.30 bits per heavy atom. The van der Waals surface area contributed by atoms with E-state index in [0.29, 0.717) is 0 Å². The first kappa shape index (κ1) is 9.03. The normalized spacial score (nSPS) is 7.80. The highest BCUT2D eigenvalue weighted by molar-refractivity contribution is 5.67. The molecule has 0 aromatic heterocycles. The second-order valence-corrected chi connectivity index (χ2v) is 1.98. The Labute approximate surface area is 61.6 Å². The maximum atomic E-state index is 10.2. The molecule has 10 heavy (non-hydrogen) atoms. The lowest BCUT2D eigenvalue weighted by atomic mass is 10.3. The van der Waals surface area contributed by atoms with Crippen LogP contribution >= 0.6 is 0 Å². The predicted molar refractivity (Wildman–Crippen MR) is 39.1 cm³/mol. The molecule has 0 aliphatic heterocycles. The van der Waals surface area contributed by atoms with Crippen LogP contribution in [0.1, 0.15) is 33.1 Å². The van der Waals surface area contributed by atoms with Crippen LogP contribution in [0.2, 0.25) is 0 Å². The lowest BCUT2D eigenvalue weighted by Crippen LogP contribution is -1.89. The van der Waals surface area contributed by atoms with Crippen molar-refractivity contribution in [3.8, 4) is 12.0 Å². The Bertz CT molecular complexity index is 150. The molecular formula is C8H12O2. The number of rotatable bonds is 2. The molecular weight excluding hydrogens is 128 g/mol. The maximum Gasteiger partial charge on any atom is 0.316 e. The van der Waals surface area contributed by atoms with E-state index in [1.807, 2.05) is 0 Å². The van der Waals surface area contributed by atoms with Crippen molar-refractivity contribution in [1.29, 1.82) is 0 Å². The molecule has 0 radical (unpaired) electrons. The highest BCUT2D eigenvalue weighted by atomic mass is 16.5. The molecule has 0 saturated heterocycles. The van der Waals surface area contributed by atoms with Crippen molar-refractivity contribution in [2.75, 3.05) is 0 Å². The van der Waals surface area contributed by atoms with Gasteiger partial charge in [0.1, 0.15) is 6.11 Å². The number of ether oxygens (including phenoxy) is 1. The van der Waals surface area contributed by atoms with Gasteiger partial charge in [-0.1, -0.05) is 19.3 Å². The van der Waals surface area contributed by atoms with Gasteiger partial charge < -0.3 is 4.74 Å². The van der Waals surface area contributed by atoms with Gasteiger partial charge in [-0.3, -0.25) is 4.79 Å². The van der Waals surface area contributed by atoms with Crippen molar-refractivity contribution in [3.63, 3.8) is 0 Å². The number of unbranched alkanes of at least 4 members (excludes halogenated alkanes) is 2. The maximum absolute atomic E-state index is 10.2. The summed E-state index contributed by atoms with van der Waals surface area (Å²) in [6, 6.07) is 0. The first-order valence-corrected chi connectivity index (χ1v) is 3.42. The Balaban J connectivity index is 3.23. The van der Waals surface area contributed by atoms with Gasteiger partial charge in [0.2, 0.25) is 0 Å². The Hall–Kier alpha value is -0.970. The zero-order valence-electron chi connectivity index (χ0n) is 6.44. The summed E-state index contributed by atoms with van der Waals surface area (Å²) in [4.78, 5) is 10.2. The number of hydrogen-bond acceptors (Lipinski definition) is 2. The van der Waals surface area contributed by atoms with Crippen LogP contribution in [0.4, 0.5) is 0 Å². The van der Waals surface area contributed by atoms with Crippen LogP contribution in [0.25, 0.3) is 0 Å². The summed E-state index contributed by atoms with van der Waals surface area (Å²) in [7, 11) is 0. The minimum atomic E-state index is -0.344. The summed E-state index contributed by atoms with van der Waals surface area (Å²) in [5.41, 5.74) is 0. The first-order valence-electron chi connectivity index (χ1n) is 3.42. The Kier molecular flexibility index (Phi) is 5.56. The van der Waals surface area contributed by atoms with Gasteiger partial charge in [-0.2, -0.15) is 0 Å². The smallest absolute Gasteiger partial charge is 0.316 e. The van der Waals surface area contributed by atoms with Gasteiger partial charge >= 0.3 is 5.97 Å². The molecule has 0 atom stereocenters. The standard InChI is InChI=1S/C8H12O2/c1-3-4-5-6-7-10-8(2)9/h3-5H2,1-2H3. The first-order chi connectivity index (χ1) is 4.77. The molecule has 0 aliphatic carbocycles. The van der Waals surface area contributed by atoms with Crippen molar-refractivity contribution in [2.45, 2.75) is 33.1 Å². The average molecular weight is 140 g/mol. The van der Waals surface area contributed by atoms with E-state index in [2.05, 4.69) is 23.7 Å². The van der Waals surface area contributed by atoms with E-state index in [9.17, 15) is 4.79 Å². The summed E-state index contributed by atoms with van der Waals surface area (Å²) in [6.07, 6.45) is 5.31. The summed E-state index contributed by atoms with van der Waals surface area (Å²) >= 11 is 0. The van der Waals surface area contributed by atoms with Crippen molar-refractivity contribution >= 4 is 5.97 Å². The molecule has 0 spiro atoms. The van der Waals surface area contributed by atoms with Gasteiger partial charge in [0, 0.05) is 13.3 Å². The molecule has 2 nitrogen and oxygen atoms in total. The van der Waals surface area contributed by atoms with Crippen LogP contribution in [0.3, 0.4) is 0 Å². The fraction of sp³-hybridized carbons (Fsp3) is 0.625. The third kappa shape index (κ3) is 7.03. The van der Waals surface area contributed by atoms with Crippen LogP contribution in [0.5, 0.6) is 0 Å². The van der Waals surface area contributed by atoms with E-state index in [1.54, 1.807) is 0 Å². The fourth-order valence-corrected chi connectivity index (χ4v) is 0.424. The van der Waals surface area contributed by atoms with E-state index in [-0.39, 0.29) is 5.97 Å². The molecule has 0 N–H and O–H groups in total. The van der Waals surface area contributed by atoms with Crippen LogP contribution < -0.4 is 0 Å². The zero-order valence-corrected chi connectivity index (χ0v) is 6.44. The molecule has 0 fully saturated rings. The lowest BCUT2D eigenvalue weighted by molar-refractivity contribution is -0.134. The number of hydrogen-bond donors (Lipinski definition) is 0. The minimum absolute atomic E-state index is 0.344. The summed E-state index contributed by atoms with van der Waals surface area (Å²) in [5, 5.41) is 0. The topological polar surface area (TPSA) is 26.3 Å². The van der Waals surface area contributed by atoms with Crippen molar-refractivity contribution < 1.29 is 9.53 Å². The van der Waals surface area contributed by atoms with Crippen LogP contribution in [0, 0.1) is 12.0 Å². The van der Waals surface area contributed by atoms with Gasteiger partial charge in [0.15, 0.2) is 0 Å². The summed E-state index contributed by atoms with van der Waals surface area (Å²) in [5.74, 6) is 2.38. The second kappa shape index (κ2) is 6.15.